The van der Waals surface area contributed by atoms with E-state index in [1.165, 1.54) is 5.56 Å². The summed E-state index contributed by atoms with van der Waals surface area (Å²) < 4.78 is 11.7. The third-order valence-corrected chi connectivity index (χ3v) is 5.88. The van der Waals surface area contributed by atoms with E-state index in [-0.39, 0.29) is 5.92 Å². The van der Waals surface area contributed by atoms with E-state index in [2.05, 4.69) is 51.6 Å². The highest BCUT2D eigenvalue weighted by molar-refractivity contribution is 5.90. The van der Waals surface area contributed by atoms with Gasteiger partial charge in [-0.1, -0.05) is 24.3 Å². The summed E-state index contributed by atoms with van der Waals surface area (Å²) in [4.78, 5) is 18.0. The van der Waals surface area contributed by atoms with Crippen LogP contribution in [0.3, 0.4) is 0 Å². The summed E-state index contributed by atoms with van der Waals surface area (Å²) in [6.45, 7) is 5.75. The second kappa shape index (κ2) is 11.2. The molecule has 0 bridgehead atoms. The number of hydrogen-bond acceptors (Lipinski definition) is 6. The Hall–Kier alpha value is -2.80. The lowest BCUT2D eigenvalue weighted by Gasteiger charge is -2.26. The molecule has 0 radical (unpaired) electrons. The zero-order valence-electron chi connectivity index (χ0n) is 18.6. The molecule has 168 valence electrons. The van der Waals surface area contributed by atoms with Crippen LogP contribution in [0.15, 0.2) is 54.7 Å². The maximum Gasteiger partial charge on any atom is 0.129 e. The van der Waals surface area contributed by atoms with Crippen LogP contribution >= 0.6 is 0 Å². The summed E-state index contributed by atoms with van der Waals surface area (Å²) in [6, 6.07) is 16.9. The molecule has 6 heteroatoms. The van der Waals surface area contributed by atoms with Crippen molar-refractivity contribution in [3.05, 3.63) is 60.3 Å². The highest BCUT2D eigenvalue weighted by Gasteiger charge is 2.13. The molecule has 2 aromatic carbocycles. The van der Waals surface area contributed by atoms with Gasteiger partial charge in [0.05, 0.1) is 25.3 Å². The Balaban J connectivity index is 1.55. The van der Waals surface area contributed by atoms with Crippen molar-refractivity contribution in [2.45, 2.75) is 13.0 Å². The summed E-state index contributed by atoms with van der Waals surface area (Å²) in [5.74, 6) is 0.933. The topological polar surface area (TPSA) is 63.7 Å². The average molecular weight is 434 g/mol. The molecule has 1 aromatic heterocycles. The zero-order chi connectivity index (χ0) is 22.2. The Morgan fingerprint density at radius 1 is 1.16 bits per heavy atom. The third-order valence-electron chi connectivity index (χ3n) is 5.88. The van der Waals surface area contributed by atoms with Gasteiger partial charge in [0, 0.05) is 50.1 Å². The summed E-state index contributed by atoms with van der Waals surface area (Å²) in [5, 5.41) is 4.12. The van der Waals surface area contributed by atoms with Crippen LogP contribution in [-0.2, 0) is 16.1 Å². The fraction of sp³-hybridized carbons (Fsp3) is 0.385. The lowest BCUT2D eigenvalue weighted by atomic mass is 10.0. The van der Waals surface area contributed by atoms with E-state index >= 15 is 0 Å². The van der Waals surface area contributed by atoms with E-state index in [1.807, 2.05) is 19.2 Å². The summed E-state index contributed by atoms with van der Waals surface area (Å²) in [6.07, 6.45) is 3.23. The summed E-state index contributed by atoms with van der Waals surface area (Å²) in [7, 11) is 1.89. The van der Waals surface area contributed by atoms with Gasteiger partial charge in [-0.05, 0) is 48.0 Å². The quantitative estimate of drug-likeness (QED) is 0.494. The molecule has 1 N–H and O–H groups in total. The number of hydrogen-bond donors (Lipinski definition) is 1. The molecule has 0 amide bonds. The van der Waals surface area contributed by atoms with Crippen LogP contribution < -0.4 is 10.1 Å². The number of morpholine rings is 1. The lowest BCUT2D eigenvalue weighted by Crippen LogP contribution is -2.35. The van der Waals surface area contributed by atoms with Gasteiger partial charge in [-0.25, -0.2) is 0 Å². The normalized spacial score (nSPS) is 15.5. The maximum atomic E-state index is 11.0. The Bertz CT molecular complexity index is 1020. The first kappa shape index (κ1) is 22.4. The van der Waals surface area contributed by atoms with Crippen molar-refractivity contribution in [2.24, 2.45) is 5.92 Å². The third kappa shape index (κ3) is 5.71. The number of rotatable bonds is 10. The monoisotopic (exact) mass is 433 g/mol. The molecule has 1 aliphatic rings. The number of ether oxygens (including phenoxy) is 2. The Labute approximate surface area is 189 Å². The van der Waals surface area contributed by atoms with Gasteiger partial charge in [0.15, 0.2) is 0 Å². The molecule has 4 rings (SSSR count). The first-order chi connectivity index (χ1) is 15.8. The Morgan fingerprint density at radius 3 is 2.72 bits per heavy atom. The number of fused-ring (bicyclic) bond motifs is 1. The molecule has 1 unspecified atom stereocenters. The molecule has 1 aliphatic heterocycles. The van der Waals surface area contributed by atoms with Gasteiger partial charge in [0.2, 0.25) is 0 Å². The van der Waals surface area contributed by atoms with Crippen LogP contribution in [-0.4, -0.2) is 62.7 Å². The molecule has 1 fully saturated rings. The highest BCUT2D eigenvalue weighted by Crippen LogP contribution is 2.32. The minimum absolute atomic E-state index is 0.132. The van der Waals surface area contributed by atoms with Crippen molar-refractivity contribution >= 4 is 17.2 Å². The van der Waals surface area contributed by atoms with Crippen LogP contribution in [0.2, 0.25) is 0 Å². The van der Waals surface area contributed by atoms with Crippen LogP contribution in [0, 0.1) is 5.92 Å². The minimum atomic E-state index is 0.132. The van der Waals surface area contributed by atoms with Gasteiger partial charge in [-0.3, -0.25) is 9.88 Å². The number of pyridine rings is 1. The van der Waals surface area contributed by atoms with Gasteiger partial charge >= 0.3 is 0 Å². The average Bonchev–Trinajstić information content (AvgIpc) is 2.83. The molecule has 0 aliphatic carbocycles. The molecule has 0 saturated carbocycles. The van der Waals surface area contributed by atoms with Crippen molar-refractivity contribution in [2.75, 3.05) is 46.5 Å². The van der Waals surface area contributed by atoms with Gasteiger partial charge in [0.1, 0.15) is 12.0 Å². The first-order valence-corrected chi connectivity index (χ1v) is 11.3. The van der Waals surface area contributed by atoms with Crippen LogP contribution in [0.1, 0.15) is 12.0 Å². The van der Waals surface area contributed by atoms with Crippen molar-refractivity contribution in [1.29, 1.82) is 0 Å². The van der Waals surface area contributed by atoms with Crippen molar-refractivity contribution in [3.63, 3.8) is 0 Å². The zero-order valence-corrected chi connectivity index (χ0v) is 18.6. The maximum absolute atomic E-state index is 11.0. The number of carbonyl (C=O) groups excluding carboxylic acids is 1. The standard InChI is InChI=1S/C26H31N3O3/c1-27-17-21(8-12-30)19-32-26-16-23(15-25-24(26)3-2-9-28-25)22-6-4-20(5-7-22)18-29-10-13-31-14-11-29/h2-7,9,12,15-16,21,27H,8,10-11,13-14,17-19H2,1H3. The van der Waals surface area contributed by atoms with Crippen LogP contribution in [0.25, 0.3) is 22.0 Å². The molecular formula is C26H31N3O3. The van der Waals surface area contributed by atoms with E-state index in [9.17, 15) is 4.79 Å². The molecule has 2 heterocycles. The second-order valence-corrected chi connectivity index (χ2v) is 8.27. The SMILES string of the molecule is CNCC(CC=O)COc1cc(-c2ccc(CN3CCOCC3)cc2)cc2ncccc12. The number of aldehydes is 1. The molecule has 1 saturated heterocycles. The van der Waals surface area contributed by atoms with E-state index in [0.717, 1.165) is 73.5 Å². The molecule has 0 spiro atoms. The van der Waals surface area contributed by atoms with Gasteiger partial charge in [0.25, 0.3) is 0 Å². The van der Waals surface area contributed by atoms with E-state index in [0.29, 0.717) is 13.0 Å². The lowest BCUT2D eigenvalue weighted by molar-refractivity contribution is -0.108. The number of nitrogens with one attached hydrogen (secondary N) is 1. The van der Waals surface area contributed by atoms with Crippen molar-refractivity contribution < 1.29 is 14.3 Å². The fourth-order valence-electron chi connectivity index (χ4n) is 4.10. The predicted octanol–water partition coefficient (Wildman–Crippen LogP) is 3.54. The molecule has 6 nitrogen and oxygen atoms in total. The largest absolute Gasteiger partial charge is 0.493 e. The van der Waals surface area contributed by atoms with Gasteiger partial charge < -0.3 is 19.6 Å². The number of aromatic nitrogens is 1. The molecule has 1 atom stereocenters. The van der Waals surface area contributed by atoms with E-state index < -0.39 is 0 Å². The van der Waals surface area contributed by atoms with Gasteiger partial charge in [-0.2, -0.15) is 0 Å². The predicted molar refractivity (Wildman–Crippen MR) is 127 cm³/mol. The summed E-state index contributed by atoms with van der Waals surface area (Å²) in [5.41, 5.74) is 4.41. The number of benzene rings is 2. The van der Waals surface area contributed by atoms with E-state index in [4.69, 9.17) is 9.47 Å². The van der Waals surface area contributed by atoms with E-state index in [1.54, 1.807) is 6.20 Å². The second-order valence-electron chi connectivity index (χ2n) is 8.27. The van der Waals surface area contributed by atoms with Crippen molar-refractivity contribution in [3.8, 4) is 16.9 Å². The Kier molecular flexibility index (Phi) is 7.82. The van der Waals surface area contributed by atoms with Crippen LogP contribution in [0.5, 0.6) is 5.75 Å². The minimum Gasteiger partial charge on any atom is -0.493 e. The fourth-order valence-corrected chi connectivity index (χ4v) is 4.10. The van der Waals surface area contributed by atoms with Crippen molar-refractivity contribution in [1.82, 2.24) is 15.2 Å². The smallest absolute Gasteiger partial charge is 0.129 e. The number of carbonyl (C=O) groups is 1. The molecule has 32 heavy (non-hydrogen) atoms. The molecule has 3 aromatic rings. The molecular weight excluding hydrogens is 402 g/mol. The Morgan fingerprint density at radius 2 is 1.97 bits per heavy atom. The summed E-state index contributed by atoms with van der Waals surface area (Å²) >= 11 is 0. The van der Waals surface area contributed by atoms with Crippen LogP contribution in [0.4, 0.5) is 0 Å². The van der Waals surface area contributed by atoms with Gasteiger partial charge in [-0.15, -0.1) is 0 Å². The highest BCUT2D eigenvalue weighted by atomic mass is 16.5. The number of nitrogens with zero attached hydrogens (tertiary/aromatic N) is 2. The first-order valence-electron chi connectivity index (χ1n) is 11.3.